The lowest BCUT2D eigenvalue weighted by molar-refractivity contribution is 0.145. The van der Waals surface area contributed by atoms with Crippen LogP contribution in [0.4, 0.5) is 0 Å². The summed E-state index contributed by atoms with van der Waals surface area (Å²) < 4.78 is 28.4. The summed E-state index contributed by atoms with van der Waals surface area (Å²) in [6.07, 6.45) is 4.14. The number of hydrogen-bond donors (Lipinski definition) is 4. The Morgan fingerprint density at radius 1 is 0.394 bits per heavy atom. The molecule has 0 N–H and O–H groups in total. The van der Waals surface area contributed by atoms with Crippen molar-refractivity contribution in [3.8, 4) is 0 Å². The minimum absolute atomic E-state index is 0.865. The van der Waals surface area contributed by atoms with Crippen LogP contribution in [0.5, 0.6) is 0 Å². The van der Waals surface area contributed by atoms with Crippen LogP contribution < -0.4 is 0 Å². The van der Waals surface area contributed by atoms with Crippen molar-refractivity contribution < 1.29 is 16.5 Å². The molecule has 0 bridgehead atoms. The summed E-state index contributed by atoms with van der Waals surface area (Å²) in [5, 5.41) is 0. The molecule has 0 saturated carbocycles. The van der Waals surface area contributed by atoms with Gasteiger partial charge in [0.05, 0.1) is 0 Å². The van der Waals surface area contributed by atoms with E-state index in [0.29, 0.717) is 0 Å². The quantitative estimate of drug-likeness (QED) is 0.0832. The van der Waals surface area contributed by atoms with Crippen LogP contribution >= 0.6 is 50.5 Å². The van der Waals surface area contributed by atoms with Gasteiger partial charge in [-0.05, 0) is 125 Å². The van der Waals surface area contributed by atoms with Crippen LogP contribution in [0, 0.1) is 0 Å². The maximum Gasteiger partial charge on any atom is 0.636 e. The molecule has 0 atom stereocenters. The van der Waals surface area contributed by atoms with Crippen molar-refractivity contribution in [3.05, 3.63) is 0 Å². The maximum atomic E-state index is 7.10. The third kappa shape index (κ3) is 16.7. The highest BCUT2D eigenvalue weighted by Crippen LogP contribution is 2.34. The first-order valence-corrected chi connectivity index (χ1v) is 28.9. The van der Waals surface area contributed by atoms with Crippen LogP contribution in [-0.2, 0) is 16.5 Å². The maximum absolute atomic E-state index is 7.10. The Balaban J connectivity index is 6.34. The zero-order valence-electron chi connectivity index (χ0n) is 22.4. The minimum Gasteiger partial charge on any atom is -0.396 e. The van der Waals surface area contributed by atoms with E-state index >= 15 is 0 Å². The lowest BCUT2D eigenvalue weighted by Gasteiger charge is -2.46. The van der Waals surface area contributed by atoms with E-state index in [-0.39, 0.29) is 0 Å². The predicted octanol–water partition coefficient (Wildman–Crippen LogP) is 7.59. The Bertz CT molecular complexity index is 449. The van der Waals surface area contributed by atoms with Gasteiger partial charge in [-0.25, -0.2) is 0 Å². The molecule has 0 rings (SSSR count). The van der Waals surface area contributed by atoms with Gasteiger partial charge in [0, 0.05) is 0 Å². The lowest BCUT2D eigenvalue weighted by atomic mass is 10.6. The Hall–Kier alpha value is 2.32. The zero-order chi connectivity index (χ0) is 25.8. The first-order valence-electron chi connectivity index (χ1n) is 12.3. The Labute approximate surface area is 233 Å². The minimum atomic E-state index is -3.39. The van der Waals surface area contributed by atoms with Gasteiger partial charge in [-0.1, -0.05) is 0 Å². The molecule has 13 heteroatoms. The summed E-state index contributed by atoms with van der Waals surface area (Å²) in [6.45, 7) is 18.2. The van der Waals surface area contributed by atoms with E-state index in [1.165, 1.54) is 0 Å². The third-order valence-electron chi connectivity index (χ3n) is 5.35. The summed E-state index contributed by atoms with van der Waals surface area (Å²) >= 11 is 17.8. The second-order valence-corrected chi connectivity index (χ2v) is 33.4. The fourth-order valence-corrected chi connectivity index (χ4v) is 25.3. The van der Waals surface area contributed by atoms with Gasteiger partial charge in [0.2, 0.25) is 0 Å². The molecule has 0 heterocycles. The van der Waals surface area contributed by atoms with E-state index in [2.05, 4.69) is 103 Å². The van der Waals surface area contributed by atoms with Crippen molar-refractivity contribution in [2.75, 3.05) is 23.0 Å². The molecule has 0 aliphatic rings. The molecule has 0 aliphatic carbocycles. The van der Waals surface area contributed by atoms with E-state index in [1.54, 1.807) is 0 Å². The van der Waals surface area contributed by atoms with E-state index in [0.717, 1.165) is 72.9 Å². The number of thiol groups is 4. The van der Waals surface area contributed by atoms with E-state index in [1.807, 2.05) is 0 Å². The summed E-state index contributed by atoms with van der Waals surface area (Å²) in [5.41, 5.74) is 0. The molecule has 0 saturated heterocycles. The third-order valence-corrected chi connectivity index (χ3v) is 25.7. The van der Waals surface area contributed by atoms with Crippen molar-refractivity contribution in [2.45, 2.75) is 102 Å². The van der Waals surface area contributed by atoms with Crippen molar-refractivity contribution in [1.29, 1.82) is 0 Å². The van der Waals surface area contributed by atoms with Gasteiger partial charge in [-0.2, -0.15) is 50.5 Å². The second-order valence-electron chi connectivity index (χ2n) is 11.3. The molecule has 33 heavy (non-hydrogen) atoms. The number of hydrogen-bond acceptors (Lipinski definition) is 8. The van der Waals surface area contributed by atoms with Crippen LogP contribution in [0.25, 0.3) is 0 Å². The monoisotopic (exact) mass is 624 g/mol. The van der Waals surface area contributed by atoms with Crippen LogP contribution in [-0.4, -0.2) is 65.3 Å². The average Bonchev–Trinajstić information content (AvgIpc) is 2.66. The van der Waals surface area contributed by atoms with Crippen LogP contribution in [0.1, 0.15) is 25.7 Å². The van der Waals surface area contributed by atoms with Gasteiger partial charge in [0.1, 0.15) is 0 Å². The van der Waals surface area contributed by atoms with Crippen LogP contribution in [0.2, 0.25) is 76.6 Å². The molecule has 0 aromatic heterocycles. The van der Waals surface area contributed by atoms with Crippen LogP contribution in [0.15, 0.2) is 0 Å². The molecule has 0 amide bonds. The summed E-state index contributed by atoms with van der Waals surface area (Å²) in [4.78, 5) is 0. The molecule has 200 valence electrons. The second kappa shape index (κ2) is 16.3. The smallest absolute Gasteiger partial charge is 0.396 e. The summed E-state index contributed by atoms with van der Waals surface area (Å²) in [7, 11) is -11.8. The molecule has 0 radical (unpaired) electrons. The molecule has 0 unspecified atom stereocenters. The lowest BCUT2D eigenvalue weighted by Crippen LogP contribution is -2.66. The van der Waals surface area contributed by atoms with Gasteiger partial charge in [0.25, 0.3) is 0 Å². The molecule has 0 aliphatic heterocycles. The highest BCUT2D eigenvalue weighted by molar-refractivity contribution is 7.80. The molecule has 0 aromatic carbocycles. The fraction of sp³-hybridized carbons (Fsp3) is 1.00. The SMILES string of the molecule is C[Si](C)(CCCS)O[Si](O[Si](C)(C)CCCS)(O[Si](C)(C)CCCS)O[Si](C)(C)CCCS. The standard InChI is InChI=1S/C20H52O4S4Si5/c1-29(2,17-9-13-25)21-33(22-30(3,4)18-10-14-26,23-31(5,6)19-11-15-27)24-32(7,8)20-12-16-28/h25-28H,9-20H2,1-8H3. The zero-order valence-corrected chi connectivity index (χ0v) is 31.0. The normalized spacial score (nSPS) is 14.2. The average molecular weight is 625 g/mol. The topological polar surface area (TPSA) is 36.9 Å². The van der Waals surface area contributed by atoms with E-state index in [9.17, 15) is 0 Å². The van der Waals surface area contributed by atoms with E-state index in [4.69, 9.17) is 16.5 Å². The Morgan fingerprint density at radius 3 is 0.727 bits per heavy atom. The summed E-state index contributed by atoms with van der Waals surface area (Å²) in [5.74, 6) is 3.46. The number of rotatable bonds is 20. The van der Waals surface area contributed by atoms with Crippen LogP contribution in [0.3, 0.4) is 0 Å². The van der Waals surface area contributed by atoms with Crippen molar-refractivity contribution in [3.63, 3.8) is 0 Å². The van der Waals surface area contributed by atoms with Crippen molar-refractivity contribution >= 4 is 92.8 Å². The van der Waals surface area contributed by atoms with Gasteiger partial charge < -0.3 is 16.5 Å². The Morgan fingerprint density at radius 2 is 0.576 bits per heavy atom. The predicted molar refractivity (Wildman–Crippen MR) is 173 cm³/mol. The van der Waals surface area contributed by atoms with Crippen molar-refractivity contribution in [1.82, 2.24) is 0 Å². The molecule has 0 aromatic rings. The van der Waals surface area contributed by atoms with Gasteiger partial charge >= 0.3 is 9.05 Å². The highest BCUT2D eigenvalue weighted by Gasteiger charge is 2.57. The largest absolute Gasteiger partial charge is 0.636 e. The molecular weight excluding hydrogens is 573 g/mol. The highest BCUT2D eigenvalue weighted by atomic mass is 32.1. The first-order chi connectivity index (χ1) is 15.1. The van der Waals surface area contributed by atoms with Crippen molar-refractivity contribution in [2.24, 2.45) is 0 Å². The van der Waals surface area contributed by atoms with Gasteiger partial charge in [-0.3, -0.25) is 0 Å². The summed E-state index contributed by atoms with van der Waals surface area (Å²) in [6, 6.07) is 4.10. The van der Waals surface area contributed by atoms with E-state index < -0.39 is 42.3 Å². The van der Waals surface area contributed by atoms with Gasteiger partial charge in [-0.15, -0.1) is 0 Å². The fourth-order valence-electron chi connectivity index (χ4n) is 3.70. The molecule has 4 nitrogen and oxygen atoms in total. The molecular formula is C20H52O4S4Si5. The van der Waals surface area contributed by atoms with Gasteiger partial charge in [0.15, 0.2) is 33.3 Å². The molecule has 0 fully saturated rings. The first kappa shape index (κ1) is 35.3. The Kier molecular flexibility index (Phi) is 17.5. The molecule has 0 spiro atoms.